The number of aliphatic hydroxyl groups excluding tert-OH is 1. The summed E-state index contributed by atoms with van der Waals surface area (Å²) < 4.78 is 12.5. The molecule has 2 aromatic carbocycles. The van der Waals surface area contributed by atoms with Gasteiger partial charge in [-0.2, -0.15) is 0 Å². The first kappa shape index (κ1) is 16.5. The van der Waals surface area contributed by atoms with Crippen LogP contribution in [0.25, 0.3) is 0 Å². The molecule has 0 bridgehead atoms. The Balaban J connectivity index is 2.11. The van der Waals surface area contributed by atoms with Crippen molar-refractivity contribution in [1.29, 1.82) is 0 Å². The molecule has 0 saturated carbocycles. The number of hydrogen-bond donors (Lipinski definition) is 1. The fourth-order valence-electron chi connectivity index (χ4n) is 2.00. The molecule has 0 fully saturated rings. The summed E-state index contributed by atoms with van der Waals surface area (Å²) in [4.78, 5) is 0. The Morgan fingerprint density at radius 1 is 1.10 bits per heavy atom. The third-order valence-corrected chi connectivity index (χ3v) is 5.53. The Hall–Kier alpha value is -0.870. The Morgan fingerprint density at radius 3 is 2.29 bits per heavy atom. The van der Waals surface area contributed by atoms with E-state index in [9.17, 15) is 4.21 Å². The van der Waals surface area contributed by atoms with Crippen molar-refractivity contribution >= 4 is 34.0 Å². The van der Waals surface area contributed by atoms with E-state index >= 15 is 0 Å². The van der Waals surface area contributed by atoms with E-state index in [1.54, 1.807) is 12.1 Å². The third-order valence-electron chi connectivity index (χ3n) is 3.31. The first-order valence-electron chi connectivity index (χ1n) is 6.52. The lowest BCUT2D eigenvalue weighted by atomic mass is 10.2. The highest BCUT2D eigenvalue weighted by atomic mass is 35.5. The van der Waals surface area contributed by atoms with Crippen LogP contribution in [0.5, 0.6) is 0 Å². The van der Waals surface area contributed by atoms with Crippen LogP contribution in [0.3, 0.4) is 0 Å². The van der Waals surface area contributed by atoms with Crippen molar-refractivity contribution in [3.8, 4) is 0 Å². The molecule has 5 heteroatoms. The van der Waals surface area contributed by atoms with Crippen molar-refractivity contribution in [1.82, 2.24) is 0 Å². The second-order valence-corrected chi connectivity index (χ2v) is 7.41. The number of rotatable bonds is 5. The Kier molecular flexibility index (Phi) is 5.82. The maximum atomic E-state index is 12.5. The van der Waals surface area contributed by atoms with Crippen molar-refractivity contribution in [2.45, 2.75) is 24.5 Å². The zero-order valence-electron chi connectivity index (χ0n) is 11.6. The molecule has 2 atom stereocenters. The van der Waals surface area contributed by atoms with Crippen molar-refractivity contribution < 1.29 is 9.32 Å². The van der Waals surface area contributed by atoms with Gasteiger partial charge in [-0.25, -0.2) is 0 Å². The molecule has 0 aliphatic carbocycles. The number of halogens is 2. The molecule has 112 valence electrons. The molecule has 0 aliphatic heterocycles. The van der Waals surface area contributed by atoms with Crippen LogP contribution in [0.2, 0.25) is 10.0 Å². The van der Waals surface area contributed by atoms with Crippen LogP contribution in [0.15, 0.2) is 42.5 Å². The Bertz CT molecular complexity index is 641. The SMILES string of the molecule is CC(c1ccc(Cl)cc1Cl)S(=O)Cc1ccc(CO)cc1. The molecular weight excluding hydrogens is 327 g/mol. The molecular formula is C16H16Cl2O2S. The van der Waals surface area contributed by atoms with E-state index in [0.29, 0.717) is 15.8 Å². The van der Waals surface area contributed by atoms with Gasteiger partial charge in [0.15, 0.2) is 0 Å². The summed E-state index contributed by atoms with van der Waals surface area (Å²) in [6.45, 7) is 1.91. The highest BCUT2D eigenvalue weighted by Gasteiger charge is 2.17. The van der Waals surface area contributed by atoms with Crippen LogP contribution in [-0.2, 0) is 23.2 Å². The average molecular weight is 343 g/mol. The molecule has 2 unspecified atom stereocenters. The quantitative estimate of drug-likeness (QED) is 0.868. The second kappa shape index (κ2) is 7.41. The van der Waals surface area contributed by atoms with E-state index in [0.717, 1.165) is 16.7 Å². The largest absolute Gasteiger partial charge is 0.392 e. The van der Waals surface area contributed by atoms with Gasteiger partial charge in [0.1, 0.15) is 0 Å². The first-order chi connectivity index (χ1) is 10.0. The van der Waals surface area contributed by atoms with Crippen LogP contribution in [0, 0.1) is 0 Å². The fraction of sp³-hybridized carbons (Fsp3) is 0.250. The van der Waals surface area contributed by atoms with Gasteiger partial charge < -0.3 is 5.11 Å². The first-order valence-corrected chi connectivity index (χ1v) is 8.66. The minimum Gasteiger partial charge on any atom is -0.392 e. The summed E-state index contributed by atoms with van der Waals surface area (Å²) >= 11 is 12.0. The summed E-state index contributed by atoms with van der Waals surface area (Å²) in [5.74, 6) is 0.450. The molecule has 21 heavy (non-hydrogen) atoms. The van der Waals surface area contributed by atoms with Gasteiger partial charge in [-0.1, -0.05) is 53.5 Å². The topological polar surface area (TPSA) is 37.3 Å². The minimum atomic E-state index is -1.08. The van der Waals surface area contributed by atoms with Gasteiger partial charge in [0, 0.05) is 26.6 Å². The zero-order chi connectivity index (χ0) is 15.4. The molecule has 0 heterocycles. The molecule has 0 aliphatic rings. The van der Waals surface area contributed by atoms with Gasteiger partial charge in [-0.15, -0.1) is 0 Å². The van der Waals surface area contributed by atoms with Crippen molar-refractivity contribution in [3.63, 3.8) is 0 Å². The van der Waals surface area contributed by atoms with Gasteiger partial charge >= 0.3 is 0 Å². The lowest BCUT2D eigenvalue weighted by molar-refractivity contribution is 0.282. The van der Waals surface area contributed by atoms with Crippen LogP contribution >= 0.6 is 23.2 Å². The van der Waals surface area contributed by atoms with Crippen LogP contribution in [0.4, 0.5) is 0 Å². The summed E-state index contributed by atoms with van der Waals surface area (Å²) in [5, 5.41) is 9.95. The lowest BCUT2D eigenvalue weighted by Crippen LogP contribution is -2.06. The maximum absolute atomic E-state index is 12.5. The van der Waals surface area contributed by atoms with E-state index in [-0.39, 0.29) is 11.9 Å². The predicted molar refractivity (Wildman–Crippen MR) is 89.1 cm³/mol. The van der Waals surface area contributed by atoms with Crippen molar-refractivity contribution in [3.05, 3.63) is 69.2 Å². The second-order valence-electron chi connectivity index (χ2n) is 4.81. The molecule has 0 saturated heterocycles. The van der Waals surface area contributed by atoms with Crippen LogP contribution < -0.4 is 0 Å². The zero-order valence-corrected chi connectivity index (χ0v) is 13.9. The van der Waals surface area contributed by atoms with E-state index < -0.39 is 10.8 Å². The summed E-state index contributed by atoms with van der Waals surface area (Å²) in [7, 11) is -1.08. The van der Waals surface area contributed by atoms with Crippen molar-refractivity contribution in [2.24, 2.45) is 0 Å². The smallest absolute Gasteiger partial charge is 0.0681 e. The van der Waals surface area contributed by atoms with E-state index in [4.69, 9.17) is 28.3 Å². The van der Waals surface area contributed by atoms with Gasteiger partial charge in [-0.3, -0.25) is 4.21 Å². The Labute approximate surface area is 137 Å². The minimum absolute atomic E-state index is 0.0140. The van der Waals surface area contributed by atoms with Crippen LogP contribution in [0.1, 0.15) is 28.9 Å². The standard InChI is InChI=1S/C16H16Cl2O2S/c1-11(15-7-6-14(17)8-16(15)18)21(20)10-13-4-2-12(9-19)3-5-13/h2-8,11,19H,9-10H2,1H3. The van der Waals surface area contributed by atoms with E-state index in [1.807, 2.05) is 37.3 Å². The summed E-state index contributed by atoms with van der Waals surface area (Å²) in [6.07, 6.45) is 0. The highest BCUT2D eigenvalue weighted by molar-refractivity contribution is 7.84. The average Bonchev–Trinajstić information content (AvgIpc) is 2.47. The number of benzene rings is 2. The summed E-state index contributed by atoms with van der Waals surface area (Å²) in [5.41, 5.74) is 2.66. The third kappa shape index (κ3) is 4.30. The van der Waals surface area contributed by atoms with Gasteiger partial charge in [0.25, 0.3) is 0 Å². The molecule has 2 nitrogen and oxygen atoms in total. The molecule has 0 spiro atoms. The highest BCUT2D eigenvalue weighted by Crippen LogP contribution is 2.30. The predicted octanol–water partition coefficient (Wildman–Crippen LogP) is 4.50. The maximum Gasteiger partial charge on any atom is 0.0681 e. The molecule has 0 radical (unpaired) electrons. The van der Waals surface area contributed by atoms with Crippen molar-refractivity contribution in [2.75, 3.05) is 0 Å². The van der Waals surface area contributed by atoms with Gasteiger partial charge in [-0.05, 0) is 35.7 Å². The monoisotopic (exact) mass is 342 g/mol. The van der Waals surface area contributed by atoms with E-state index in [1.165, 1.54) is 0 Å². The molecule has 0 aromatic heterocycles. The van der Waals surface area contributed by atoms with Gasteiger partial charge in [0.05, 0.1) is 11.9 Å². The Morgan fingerprint density at radius 2 is 1.71 bits per heavy atom. The fourth-order valence-corrected chi connectivity index (χ4v) is 3.90. The van der Waals surface area contributed by atoms with Gasteiger partial charge in [0.2, 0.25) is 0 Å². The molecule has 1 N–H and O–H groups in total. The lowest BCUT2D eigenvalue weighted by Gasteiger charge is -2.14. The molecule has 0 amide bonds. The number of hydrogen-bond acceptors (Lipinski definition) is 2. The van der Waals surface area contributed by atoms with Crippen LogP contribution in [-0.4, -0.2) is 9.32 Å². The molecule has 2 rings (SSSR count). The normalized spacial score (nSPS) is 13.9. The summed E-state index contributed by atoms with van der Waals surface area (Å²) in [6, 6.07) is 12.7. The number of aliphatic hydroxyl groups is 1. The van der Waals surface area contributed by atoms with E-state index in [2.05, 4.69) is 0 Å². The molecule has 2 aromatic rings.